The smallest absolute Gasteiger partial charge is 0.238 e. The zero-order chi connectivity index (χ0) is 16.6. The minimum Gasteiger partial charge on any atom is -0.394 e. The summed E-state index contributed by atoms with van der Waals surface area (Å²) in [6, 6.07) is 1.81. The van der Waals surface area contributed by atoms with Crippen LogP contribution in [0.4, 0.5) is 0 Å². The van der Waals surface area contributed by atoms with Gasteiger partial charge in [-0.15, -0.1) is 19.7 Å². The first kappa shape index (κ1) is 18.4. The lowest BCUT2D eigenvalue weighted by atomic mass is 9.99. The second-order valence-electron chi connectivity index (χ2n) is 5.83. The van der Waals surface area contributed by atoms with E-state index < -0.39 is 0 Å². The van der Waals surface area contributed by atoms with E-state index in [4.69, 9.17) is 5.26 Å². The van der Waals surface area contributed by atoms with Gasteiger partial charge in [0.25, 0.3) is 0 Å². The fourth-order valence-corrected chi connectivity index (χ4v) is 3.35. The molecule has 2 unspecified atom stereocenters. The van der Waals surface area contributed by atoms with Crippen LogP contribution in [0.1, 0.15) is 38.5 Å². The van der Waals surface area contributed by atoms with Crippen molar-refractivity contribution in [3.63, 3.8) is 0 Å². The molecule has 2 atom stereocenters. The summed E-state index contributed by atoms with van der Waals surface area (Å²) in [5, 5.41) is 21.9. The molecule has 0 aromatic carbocycles. The maximum absolute atomic E-state index is 12.4. The zero-order valence-corrected chi connectivity index (χ0v) is 13.3. The van der Waals surface area contributed by atoms with Crippen LogP contribution in [-0.4, -0.2) is 46.7 Å². The molecule has 2 fully saturated rings. The molecule has 0 aromatic heterocycles. The van der Waals surface area contributed by atoms with E-state index in [1.807, 2.05) is 0 Å². The largest absolute Gasteiger partial charge is 0.394 e. The Morgan fingerprint density at radius 3 is 2.55 bits per heavy atom. The molecule has 1 heterocycles. The SMILES string of the molecule is C=C.C=CC1CCC(C#N)N1C(=O)CNC1(CO)CCCC1. The molecule has 0 aromatic rings. The van der Waals surface area contributed by atoms with Crippen molar-refractivity contribution in [3.8, 4) is 6.07 Å². The molecule has 1 aliphatic carbocycles. The van der Waals surface area contributed by atoms with Gasteiger partial charge >= 0.3 is 0 Å². The Labute approximate surface area is 133 Å². The van der Waals surface area contributed by atoms with E-state index in [1.165, 1.54) is 0 Å². The number of nitrogens with one attached hydrogen (secondary N) is 1. The third-order valence-electron chi connectivity index (χ3n) is 4.62. The van der Waals surface area contributed by atoms with E-state index in [0.717, 1.165) is 32.1 Å². The lowest BCUT2D eigenvalue weighted by Crippen LogP contribution is -2.52. The molecule has 22 heavy (non-hydrogen) atoms. The first-order valence-electron chi connectivity index (χ1n) is 7.85. The number of nitrogens with zero attached hydrogens (tertiary/aromatic N) is 2. The molecule has 5 nitrogen and oxygen atoms in total. The fourth-order valence-electron chi connectivity index (χ4n) is 3.35. The summed E-state index contributed by atoms with van der Waals surface area (Å²) >= 11 is 0. The summed E-state index contributed by atoms with van der Waals surface area (Å²) in [6.45, 7) is 9.99. The molecule has 0 bridgehead atoms. The van der Waals surface area contributed by atoms with Crippen LogP contribution in [0.3, 0.4) is 0 Å². The van der Waals surface area contributed by atoms with Crippen molar-refractivity contribution >= 4 is 5.91 Å². The molecule has 1 aliphatic heterocycles. The monoisotopic (exact) mass is 305 g/mol. The molecule has 2 aliphatic rings. The zero-order valence-electron chi connectivity index (χ0n) is 13.3. The standard InChI is InChI=1S/C15H23N3O2.C2H4/c1-2-12-5-6-13(9-16)18(12)14(20)10-17-15(11-19)7-3-4-8-15;1-2/h2,12-13,17,19H,1,3-8,10-11H2;1-2H2. The molecule has 1 saturated carbocycles. The number of carbonyl (C=O) groups excluding carboxylic acids is 1. The lowest BCUT2D eigenvalue weighted by molar-refractivity contribution is -0.131. The number of hydrogen-bond acceptors (Lipinski definition) is 4. The van der Waals surface area contributed by atoms with Crippen molar-refractivity contribution < 1.29 is 9.90 Å². The predicted molar refractivity (Wildman–Crippen MR) is 87.0 cm³/mol. The second-order valence-corrected chi connectivity index (χ2v) is 5.83. The van der Waals surface area contributed by atoms with Gasteiger partial charge in [0.15, 0.2) is 0 Å². The maximum atomic E-state index is 12.4. The quantitative estimate of drug-likeness (QED) is 0.759. The number of amides is 1. The van der Waals surface area contributed by atoms with E-state index in [2.05, 4.69) is 31.1 Å². The molecule has 5 heteroatoms. The van der Waals surface area contributed by atoms with E-state index >= 15 is 0 Å². The average Bonchev–Trinajstić information content (AvgIpc) is 3.21. The van der Waals surface area contributed by atoms with Crippen molar-refractivity contribution in [2.45, 2.75) is 56.1 Å². The van der Waals surface area contributed by atoms with Crippen molar-refractivity contribution in [1.82, 2.24) is 10.2 Å². The van der Waals surface area contributed by atoms with Crippen LogP contribution in [0, 0.1) is 11.3 Å². The number of aliphatic hydroxyl groups excluding tert-OH is 1. The summed E-state index contributed by atoms with van der Waals surface area (Å²) in [5.41, 5.74) is -0.304. The molecule has 1 amide bonds. The molecule has 122 valence electrons. The van der Waals surface area contributed by atoms with Gasteiger partial charge in [-0.2, -0.15) is 5.26 Å². The van der Waals surface area contributed by atoms with Gasteiger partial charge in [0.05, 0.1) is 25.3 Å². The normalized spacial score (nSPS) is 25.9. The van der Waals surface area contributed by atoms with Crippen LogP contribution in [0.25, 0.3) is 0 Å². The van der Waals surface area contributed by atoms with Crippen molar-refractivity contribution in [1.29, 1.82) is 5.26 Å². The van der Waals surface area contributed by atoms with Crippen molar-refractivity contribution in [3.05, 3.63) is 25.8 Å². The highest BCUT2D eigenvalue weighted by molar-refractivity contribution is 5.80. The molecular formula is C17H27N3O2. The Kier molecular flexibility index (Phi) is 7.30. The van der Waals surface area contributed by atoms with Crippen LogP contribution in [0.2, 0.25) is 0 Å². The molecule has 2 rings (SSSR count). The van der Waals surface area contributed by atoms with Crippen LogP contribution in [-0.2, 0) is 4.79 Å². The maximum Gasteiger partial charge on any atom is 0.238 e. The summed E-state index contributed by atoms with van der Waals surface area (Å²) in [7, 11) is 0. The number of aliphatic hydroxyl groups is 1. The highest BCUT2D eigenvalue weighted by Crippen LogP contribution is 2.29. The van der Waals surface area contributed by atoms with Crippen molar-refractivity contribution in [2.75, 3.05) is 13.2 Å². The molecule has 2 N–H and O–H groups in total. The highest BCUT2D eigenvalue weighted by atomic mass is 16.3. The van der Waals surface area contributed by atoms with Gasteiger partial charge in [-0.3, -0.25) is 4.79 Å². The Bertz CT molecular complexity index is 424. The first-order chi connectivity index (χ1) is 10.7. The fraction of sp³-hybridized carbons (Fsp3) is 0.647. The third-order valence-corrected chi connectivity index (χ3v) is 4.62. The summed E-state index contributed by atoms with van der Waals surface area (Å²) in [4.78, 5) is 14.0. The minimum atomic E-state index is -0.346. The Balaban J connectivity index is 0.00000116. The number of nitriles is 1. The van der Waals surface area contributed by atoms with E-state index in [-0.39, 0.29) is 36.7 Å². The van der Waals surface area contributed by atoms with E-state index in [0.29, 0.717) is 6.42 Å². The van der Waals surface area contributed by atoms with Gasteiger partial charge in [0.2, 0.25) is 5.91 Å². The van der Waals surface area contributed by atoms with E-state index in [9.17, 15) is 9.90 Å². The van der Waals surface area contributed by atoms with Gasteiger partial charge < -0.3 is 15.3 Å². The summed E-state index contributed by atoms with van der Waals surface area (Å²) in [6.07, 6.45) is 7.24. The summed E-state index contributed by atoms with van der Waals surface area (Å²) in [5.74, 6) is -0.0707. The second kappa shape index (κ2) is 8.72. The number of hydrogen-bond donors (Lipinski definition) is 2. The first-order valence-corrected chi connectivity index (χ1v) is 7.85. The number of likely N-dealkylation sites (tertiary alicyclic amines) is 1. The van der Waals surface area contributed by atoms with Gasteiger partial charge in [0.1, 0.15) is 6.04 Å². The van der Waals surface area contributed by atoms with Gasteiger partial charge in [0, 0.05) is 5.54 Å². The Hall–Kier alpha value is -1.64. The average molecular weight is 305 g/mol. The van der Waals surface area contributed by atoms with E-state index in [1.54, 1.807) is 11.0 Å². The van der Waals surface area contributed by atoms with Gasteiger partial charge in [-0.05, 0) is 25.7 Å². The van der Waals surface area contributed by atoms with Gasteiger partial charge in [-0.25, -0.2) is 0 Å². The lowest BCUT2D eigenvalue weighted by Gasteiger charge is -2.31. The molecule has 0 radical (unpaired) electrons. The highest BCUT2D eigenvalue weighted by Gasteiger charge is 2.37. The molecule has 0 spiro atoms. The van der Waals surface area contributed by atoms with Crippen LogP contribution in [0.5, 0.6) is 0 Å². The Morgan fingerprint density at radius 2 is 2.05 bits per heavy atom. The van der Waals surface area contributed by atoms with Crippen LogP contribution < -0.4 is 5.32 Å². The number of carbonyl (C=O) groups is 1. The predicted octanol–water partition coefficient (Wildman–Crippen LogP) is 1.75. The topological polar surface area (TPSA) is 76.4 Å². The third kappa shape index (κ3) is 3.96. The number of rotatable bonds is 5. The van der Waals surface area contributed by atoms with Gasteiger partial charge in [-0.1, -0.05) is 18.9 Å². The van der Waals surface area contributed by atoms with Crippen LogP contribution in [0.15, 0.2) is 25.8 Å². The minimum absolute atomic E-state index is 0.0393. The van der Waals surface area contributed by atoms with Crippen LogP contribution >= 0.6 is 0 Å². The van der Waals surface area contributed by atoms with Crippen molar-refractivity contribution in [2.24, 2.45) is 0 Å². The molecular weight excluding hydrogens is 278 g/mol. The molecule has 1 saturated heterocycles. The summed E-state index contributed by atoms with van der Waals surface area (Å²) < 4.78 is 0. The Morgan fingerprint density at radius 1 is 1.41 bits per heavy atom.